The molecule has 1 aromatic rings. The monoisotopic (exact) mass is 401 g/mol. The van der Waals surface area contributed by atoms with Crippen molar-refractivity contribution in [1.82, 2.24) is 0 Å². The van der Waals surface area contributed by atoms with Crippen LogP contribution in [0.1, 0.15) is 50.7 Å². The minimum absolute atomic E-state index is 0.149. The number of benzene rings is 1. The van der Waals surface area contributed by atoms with Gasteiger partial charge in [-0.1, -0.05) is 45.9 Å². The van der Waals surface area contributed by atoms with E-state index in [1.165, 1.54) is 0 Å². The number of quaternary nitrogens is 1. The number of para-hydroxylation sites is 1. The smallest absolute Gasteiger partial charge is 0.514 e. The van der Waals surface area contributed by atoms with E-state index in [1.54, 1.807) is 21.1 Å². The van der Waals surface area contributed by atoms with Crippen molar-refractivity contribution in [3.63, 3.8) is 0 Å². The first-order chi connectivity index (χ1) is 12.2. The molecule has 27 heavy (non-hydrogen) atoms. The molecule has 1 unspecified atom stereocenters. The lowest BCUT2D eigenvalue weighted by Crippen LogP contribution is -2.51. The third-order valence-electron chi connectivity index (χ3n) is 4.39. The van der Waals surface area contributed by atoms with Crippen molar-refractivity contribution in [3.05, 3.63) is 29.3 Å². The molecule has 0 bridgehead atoms. The van der Waals surface area contributed by atoms with Gasteiger partial charge >= 0.3 is 6.16 Å². The maximum Gasteiger partial charge on any atom is 0.514 e. The second-order valence-electron chi connectivity index (χ2n) is 8.23. The number of carbonyl (C=O) groups is 1. The van der Waals surface area contributed by atoms with Crippen LogP contribution in [0, 0.1) is 0 Å². The van der Waals surface area contributed by atoms with Crippen molar-refractivity contribution >= 4 is 16.3 Å². The molecule has 0 radical (unpaired) electrons. The Bertz CT molecular complexity index is 724. The predicted octanol–water partition coefficient (Wildman–Crippen LogP) is 3.07. The summed E-state index contributed by atoms with van der Waals surface area (Å²) in [7, 11) is 0.748. The van der Waals surface area contributed by atoms with E-state index >= 15 is 0 Å². The summed E-state index contributed by atoms with van der Waals surface area (Å²) >= 11 is 0. The summed E-state index contributed by atoms with van der Waals surface area (Å²) < 4.78 is 44.2. The molecule has 154 valence electrons. The summed E-state index contributed by atoms with van der Waals surface area (Å²) in [5.74, 6) is 0.154. The van der Waals surface area contributed by atoms with Crippen molar-refractivity contribution < 1.29 is 31.7 Å². The Hall–Kier alpha value is -1.64. The minimum atomic E-state index is -4.45. The van der Waals surface area contributed by atoms with Crippen LogP contribution in [0.3, 0.4) is 0 Å². The van der Waals surface area contributed by atoms with Crippen LogP contribution < -0.4 is 4.74 Å². The Morgan fingerprint density at radius 1 is 1.07 bits per heavy atom. The molecule has 1 aromatic carbocycles. The SMILES string of the molecule is CC(C)c1cccc(C(C)C)c1OC(=O)OCC(CS(=O)(=O)[O-])[N+](C)(C)C. The van der Waals surface area contributed by atoms with Crippen molar-refractivity contribution in [1.29, 1.82) is 0 Å². The van der Waals surface area contributed by atoms with Crippen molar-refractivity contribution in [2.24, 2.45) is 0 Å². The molecule has 0 aromatic heterocycles. The van der Waals surface area contributed by atoms with Gasteiger partial charge in [-0.15, -0.1) is 0 Å². The van der Waals surface area contributed by atoms with Crippen molar-refractivity contribution in [3.8, 4) is 5.75 Å². The summed E-state index contributed by atoms with van der Waals surface area (Å²) in [5.41, 5.74) is 1.78. The highest BCUT2D eigenvalue weighted by Crippen LogP contribution is 2.34. The molecular formula is C19H31NO6S. The van der Waals surface area contributed by atoms with E-state index < -0.39 is 28.1 Å². The van der Waals surface area contributed by atoms with Gasteiger partial charge in [0.15, 0.2) is 0 Å². The van der Waals surface area contributed by atoms with E-state index in [1.807, 2.05) is 45.9 Å². The van der Waals surface area contributed by atoms with Gasteiger partial charge in [-0.2, -0.15) is 0 Å². The lowest BCUT2D eigenvalue weighted by atomic mass is 9.94. The van der Waals surface area contributed by atoms with Gasteiger partial charge in [-0.3, -0.25) is 0 Å². The average Bonchev–Trinajstić information content (AvgIpc) is 2.48. The van der Waals surface area contributed by atoms with E-state index in [0.29, 0.717) is 5.75 Å². The maximum atomic E-state index is 12.3. The molecule has 7 nitrogen and oxygen atoms in total. The van der Waals surface area contributed by atoms with Crippen LogP contribution in [0.2, 0.25) is 0 Å². The van der Waals surface area contributed by atoms with Gasteiger partial charge in [0, 0.05) is 0 Å². The second kappa shape index (κ2) is 9.03. The van der Waals surface area contributed by atoms with Crippen LogP contribution in [0.25, 0.3) is 0 Å². The third-order valence-corrected chi connectivity index (χ3v) is 5.18. The molecule has 0 aliphatic rings. The first kappa shape index (κ1) is 23.4. The molecule has 0 N–H and O–H groups in total. The van der Waals surface area contributed by atoms with Crippen molar-refractivity contribution in [2.75, 3.05) is 33.5 Å². The van der Waals surface area contributed by atoms with Gasteiger partial charge in [0.2, 0.25) is 0 Å². The summed E-state index contributed by atoms with van der Waals surface area (Å²) in [4.78, 5) is 12.3. The molecule has 0 fully saturated rings. The van der Waals surface area contributed by atoms with Gasteiger partial charge in [0.1, 0.15) is 28.5 Å². The Labute approximate surface area is 162 Å². The molecule has 0 amide bonds. The van der Waals surface area contributed by atoms with E-state index in [2.05, 4.69) is 0 Å². The maximum absolute atomic E-state index is 12.3. The van der Waals surface area contributed by atoms with E-state index in [0.717, 1.165) is 11.1 Å². The molecular weight excluding hydrogens is 370 g/mol. The standard InChI is InChI=1S/C19H31NO6S/c1-13(2)16-9-8-10-17(14(3)4)18(16)26-19(21)25-11-15(20(5,6)7)12-27(22,23)24/h8-10,13-15H,11-12H2,1-7H3. The normalized spacial score (nSPS) is 13.7. The first-order valence-electron chi connectivity index (χ1n) is 8.94. The van der Waals surface area contributed by atoms with Gasteiger partial charge < -0.3 is 18.5 Å². The highest BCUT2D eigenvalue weighted by atomic mass is 32.2. The largest absolute Gasteiger partial charge is 0.748 e. The number of likely N-dealkylation sites (N-methyl/N-ethyl adjacent to an activating group) is 1. The fourth-order valence-electron chi connectivity index (χ4n) is 2.61. The summed E-state index contributed by atoms with van der Waals surface area (Å²) in [6, 6.07) is 5.04. The molecule has 0 saturated carbocycles. The molecule has 1 atom stereocenters. The highest BCUT2D eigenvalue weighted by molar-refractivity contribution is 7.85. The summed E-state index contributed by atoms with van der Waals surface area (Å²) in [6.45, 7) is 7.78. The predicted molar refractivity (Wildman–Crippen MR) is 103 cm³/mol. The number of carbonyl (C=O) groups excluding carboxylic acids is 1. The molecule has 0 heterocycles. The minimum Gasteiger partial charge on any atom is -0.748 e. The van der Waals surface area contributed by atoms with E-state index in [9.17, 15) is 17.8 Å². The van der Waals surface area contributed by atoms with Crippen LogP contribution in [-0.4, -0.2) is 63.2 Å². The summed E-state index contributed by atoms with van der Waals surface area (Å²) in [6.07, 6.45) is -0.910. The van der Waals surface area contributed by atoms with Crippen LogP contribution >= 0.6 is 0 Å². The summed E-state index contributed by atoms with van der Waals surface area (Å²) in [5, 5.41) is 0. The molecule has 0 saturated heterocycles. The van der Waals surface area contributed by atoms with Gasteiger partial charge in [-0.05, 0) is 23.0 Å². The lowest BCUT2D eigenvalue weighted by Gasteiger charge is -2.34. The first-order valence-corrected chi connectivity index (χ1v) is 10.5. The average molecular weight is 402 g/mol. The Balaban J connectivity index is 2.97. The molecule has 0 aliphatic heterocycles. The van der Waals surface area contributed by atoms with Crippen LogP contribution in [0.4, 0.5) is 4.79 Å². The fraction of sp³-hybridized carbons (Fsp3) is 0.632. The van der Waals surface area contributed by atoms with Crippen LogP contribution in [-0.2, 0) is 14.9 Å². The van der Waals surface area contributed by atoms with Gasteiger partial charge in [-0.25, -0.2) is 13.2 Å². The molecule has 0 aliphatic carbocycles. The van der Waals surface area contributed by atoms with Crippen LogP contribution in [0.5, 0.6) is 5.75 Å². The quantitative estimate of drug-likeness (QED) is 0.288. The lowest BCUT2D eigenvalue weighted by molar-refractivity contribution is -0.893. The number of ether oxygens (including phenoxy) is 2. The van der Waals surface area contributed by atoms with E-state index in [4.69, 9.17) is 9.47 Å². The Morgan fingerprint density at radius 2 is 1.56 bits per heavy atom. The molecule has 1 rings (SSSR count). The second-order valence-corrected chi connectivity index (χ2v) is 9.68. The zero-order valence-corrected chi connectivity index (χ0v) is 18.0. The number of hydrogen-bond donors (Lipinski definition) is 0. The fourth-order valence-corrected chi connectivity index (χ4v) is 3.62. The topological polar surface area (TPSA) is 92.7 Å². The zero-order valence-electron chi connectivity index (χ0n) is 17.2. The third kappa shape index (κ3) is 7.48. The number of hydrogen-bond acceptors (Lipinski definition) is 6. The highest BCUT2D eigenvalue weighted by Gasteiger charge is 2.29. The van der Waals surface area contributed by atoms with E-state index in [-0.39, 0.29) is 22.9 Å². The Morgan fingerprint density at radius 3 is 1.93 bits per heavy atom. The molecule has 8 heteroatoms. The van der Waals surface area contributed by atoms with Crippen LogP contribution in [0.15, 0.2) is 18.2 Å². The van der Waals surface area contributed by atoms with Crippen molar-refractivity contribution in [2.45, 2.75) is 45.6 Å². The zero-order chi connectivity index (χ0) is 21.0. The van der Waals surface area contributed by atoms with Gasteiger partial charge in [0.05, 0.1) is 26.9 Å². The Kier molecular flexibility index (Phi) is 7.83. The number of rotatable bonds is 8. The number of nitrogens with zero attached hydrogens (tertiary/aromatic N) is 1. The van der Waals surface area contributed by atoms with Gasteiger partial charge in [0.25, 0.3) is 0 Å². The molecule has 0 spiro atoms.